The van der Waals surface area contributed by atoms with Gasteiger partial charge in [0.2, 0.25) is 5.90 Å². The van der Waals surface area contributed by atoms with E-state index < -0.39 is 17.6 Å². The van der Waals surface area contributed by atoms with E-state index in [0.29, 0.717) is 46.5 Å². The predicted molar refractivity (Wildman–Crippen MR) is 167 cm³/mol. The number of azide groups is 1. The molecule has 2 atom stereocenters. The fraction of sp³-hybridized carbons (Fsp3) is 0.355. The van der Waals surface area contributed by atoms with E-state index in [4.69, 9.17) is 48.3 Å². The number of hydrogen-bond acceptors (Lipinski definition) is 7. The number of hydrazine groups is 1. The lowest BCUT2D eigenvalue weighted by atomic mass is 9.81. The Morgan fingerprint density at radius 1 is 1.14 bits per heavy atom. The van der Waals surface area contributed by atoms with Crippen molar-refractivity contribution in [2.75, 3.05) is 19.8 Å². The van der Waals surface area contributed by atoms with Gasteiger partial charge >= 0.3 is 0 Å². The molecular formula is C31H34Cl2N6O4. The lowest BCUT2D eigenvalue weighted by Crippen LogP contribution is -2.54. The number of amides is 1. The number of rotatable bonds is 15. The molecule has 3 aromatic rings. The number of hydrogen-bond donors (Lipinski definition) is 3. The second-order valence-electron chi connectivity index (χ2n) is 10.0. The molecule has 4 rings (SSSR count). The molecule has 3 aromatic carbocycles. The first-order chi connectivity index (χ1) is 20.9. The maximum atomic E-state index is 14.2. The van der Waals surface area contributed by atoms with Crippen LogP contribution in [0.5, 0.6) is 5.75 Å². The Balaban J connectivity index is 1.82. The summed E-state index contributed by atoms with van der Waals surface area (Å²) >= 11 is 12.9. The number of ether oxygens (including phenoxy) is 2. The molecule has 0 aliphatic carbocycles. The van der Waals surface area contributed by atoms with Crippen molar-refractivity contribution in [3.05, 3.63) is 109 Å². The Morgan fingerprint density at radius 2 is 1.91 bits per heavy atom. The number of halogens is 2. The van der Waals surface area contributed by atoms with Crippen LogP contribution in [0.15, 0.2) is 76.8 Å². The third-order valence-electron chi connectivity index (χ3n) is 7.01. The zero-order valence-electron chi connectivity index (χ0n) is 23.8. The third kappa shape index (κ3) is 7.98. The van der Waals surface area contributed by atoms with E-state index in [2.05, 4.69) is 27.8 Å². The van der Waals surface area contributed by atoms with Crippen LogP contribution < -0.4 is 15.6 Å². The van der Waals surface area contributed by atoms with E-state index in [1.165, 1.54) is 0 Å². The molecule has 0 fully saturated rings. The first kappa shape index (κ1) is 32.1. The number of unbranched alkanes of at least 4 members (excludes halogenated alkanes) is 1. The first-order valence-corrected chi connectivity index (χ1v) is 14.8. The average molecular weight is 626 g/mol. The average Bonchev–Trinajstić information content (AvgIpc) is 3.39. The molecular weight excluding hydrogens is 591 g/mol. The fourth-order valence-electron chi connectivity index (χ4n) is 4.77. The quantitative estimate of drug-likeness (QED) is 0.0583. The van der Waals surface area contributed by atoms with Gasteiger partial charge in [-0.25, -0.2) is 10.4 Å². The summed E-state index contributed by atoms with van der Waals surface area (Å²) in [5.74, 6) is 0.482. The van der Waals surface area contributed by atoms with Crippen LogP contribution >= 0.6 is 23.2 Å². The second kappa shape index (κ2) is 15.6. The molecule has 0 bridgehead atoms. The Morgan fingerprint density at radius 3 is 2.60 bits per heavy atom. The number of nitrogens with one attached hydrogen (secondary N) is 2. The molecule has 0 saturated heterocycles. The SMILES string of the molecule is CCCCNNC(=O)[C@@]1(Cc2ccccc2CN=[N+]=[N-])N=C(c2ccc(OCCCO)cc2)O[C@H]1c1ccc(Cl)cc1Cl. The van der Waals surface area contributed by atoms with Gasteiger partial charge in [0, 0.05) is 52.1 Å². The van der Waals surface area contributed by atoms with Gasteiger partial charge in [-0.3, -0.25) is 10.2 Å². The Bertz CT molecular complexity index is 1480. The summed E-state index contributed by atoms with van der Waals surface area (Å²) in [6, 6.07) is 19.7. The summed E-state index contributed by atoms with van der Waals surface area (Å²) in [5.41, 5.74) is 16.1. The second-order valence-corrected chi connectivity index (χ2v) is 10.9. The number of benzene rings is 3. The molecule has 0 aromatic heterocycles. The van der Waals surface area contributed by atoms with Crippen molar-refractivity contribution in [3.8, 4) is 5.75 Å². The molecule has 1 aliphatic rings. The van der Waals surface area contributed by atoms with Crippen LogP contribution in [-0.4, -0.2) is 42.2 Å². The smallest absolute Gasteiger partial charge is 0.266 e. The van der Waals surface area contributed by atoms with Crippen molar-refractivity contribution in [2.24, 2.45) is 10.1 Å². The number of carbonyl (C=O) groups excluding carboxylic acids is 1. The van der Waals surface area contributed by atoms with Gasteiger partial charge in [-0.15, -0.1) is 0 Å². The fourth-order valence-corrected chi connectivity index (χ4v) is 5.28. The largest absolute Gasteiger partial charge is 0.494 e. The molecule has 3 N–H and O–H groups in total. The molecule has 0 spiro atoms. The van der Waals surface area contributed by atoms with Crippen molar-refractivity contribution in [1.29, 1.82) is 0 Å². The zero-order chi connectivity index (χ0) is 30.7. The Kier molecular flexibility index (Phi) is 11.7. The molecule has 1 heterocycles. The summed E-state index contributed by atoms with van der Waals surface area (Å²) in [4.78, 5) is 22.2. The van der Waals surface area contributed by atoms with Gasteiger partial charge in [0.25, 0.3) is 5.91 Å². The number of aliphatic hydroxyl groups is 1. The standard InChI is InChI=1S/C31H34Cl2N6O4/c1-2-3-15-35-38-30(41)31(19-22-7-4-5-8-23(22)20-36-39-34)28(26-14-11-24(32)18-27(26)33)43-29(37-31)21-9-12-25(13-10-21)42-17-6-16-40/h4-5,7-14,18,28,35,40H,2-3,6,15-17,19-20H2,1H3,(H,38,41)/t28-,31-/m0/s1. The minimum Gasteiger partial charge on any atom is -0.494 e. The summed E-state index contributed by atoms with van der Waals surface area (Å²) in [5, 5.41) is 13.6. The van der Waals surface area contributed by atoms with Crippen LogP contribution in [0.1, 0.15) is 54.5 Å². The predicted octanol–water partition coefficient (Wildman–Crippen LogP) is 6.49. The van der Waals surface area contributed by atoms with Crippen LogP contribution in [0.2, 0.25) is 10.0 Å². The van der Waals surface area contributed by atoms with Crippen molar-refractivity contribution >= 4 is 35.0 Å². The van der Waals surface area contributed by atoms with Crippen molar-refractivity contribution in [2.45, 2.75) is 50.8 Å². The van der Waals surface area contributed by atoms with Gasteiger partial charge in [-0.1, -0.05) is 72.0 Å². The molecule has 1 aliphatic heterocycles. The van der Waals surface area contributed by atoms with Crippen LogP contribution in [0.25, 0.3) is 10.4 Å². The third-order valence-corrected chi connectivity index (χ3v) is 7.58. The summed E-state index contributed by atoms with van der Waals surface area (Å²) < 4.78 is 12.2. The number of aliphatic hydroxyl groups excluding tert-OH is 1. The molecule has 1 amide bonds. The van der Waals surface area contributed by atoms with E-state index in [1.807, 2.05) is 24.3 Å². The first-order valence-electron chi connectivity index (χ1n) is 14.1. The Hall–Kier alpha value is -3.79. The lowest BCUT2D eigenvalue weighted by molar-refractivity contribution is -0.130. The van der Waals surface area contributed by atoms with Gasteiger partial charge in [-0.2, -0.15) is 0 Å². The van der Waals surface area contributed by atoms with Gasteiger partial charge < -0.3 is 14.6 Å². The van der Waals surface area contributed by atoms with Crippen LogP contribution in [-0.2, 0) is 22.5 Å². The normalized spacial score (nSPS) is 17.5. The molecule has 0 saturated carbocycles. The molecule has 12 heteroatoms. The zero-order valence-corrected chi connectivity index (χ0v) is 25.3. The summed E-state index contributed by atoms with van der Waals surface area (Å²) in [7, 11) is 0. The van der Waals surface area contributed by atoms with E-state index in [1.54, 1.807) is 42.5 Å². The van der Waals surface area contributed by atoms with Gasteiger partial charge in [0.1, 0.15) is 5.75 Å². The number of carbonyl (C=O) groups is 1. The van der Waals surface area contributed by atoms with E-state index in [0.717, 1.165) is 24.0 Å². The van der Waals surface area contributed by atoms with Gasteiger partial charge in [-0.05, 0) is 59.5 Å². The van der Waals surface area contributed by atoms with Crippen LogP contribution in [0.3, 0.4) is 0 Å². The summed E-state index contributed by atoms with van der Waals surface area (Å²) in [6.45, 7) is 3.18. The van der Waals surface area contributed by atoms with E-state index in [9.17, 15) is 4.79 Å². The minimum atomic E-state index is -1.51. The van der Waals surface area contributed by atoms with Crippen molar-refractivity contribution in [3.63, 3.8) is 0 Å². The molecule has 0 radical (unpaired) electrons. The minimum absolute atomic E-state index is 0.0425. The molecule has 43 heavy (non-hydrogen) atoms. The lowest BCUT2D eigenvalue weighted by Gasteiger charge is -2.32. The number of aliphatic imine (C=N–C) groups is 1. The van der Waals surface area contributed by atoms with Crippen LogP contribution in [0.4, 0.5) is 0 Å². The van der Waals surface area contributed by atoms with E-state index in [-0.39, 0.29) is 25.5 Å². The monoisotopic (exact) mass is 624 g/mol. The number of nitrogens with zero attached hydrogens (tertiary/aromatic N) is 4. The highest BCUT2D eigenvalue weighted by atomic mass is 35.5. The maximum Gasteiger partial charge on any atom is 0.266 e. The molecule has 10 nitrogen and oxygen atoms in total. The van der Waals surface area contributed by atoms with E-state index >= 15 is 0 Å². The molecule has 0 unspecified atom stereocenters. The highest BCUT2D eigenvalue weighted by Gasteiger charge is 2.54. The Labute approximate surface area is 260 Å². The summed E-state index contributed by atoms with van der Waals surface area (Å²) in [6.07, 6.45) is 1.54. The van der Waals surface area contributed by atoms with Gasteiger partial charge in [0.15, 0.2) is 11.6 Å². The van der Waals surface area contributed by atoms with Crippen molar-refractivity contribution in [1.82, 2.24) is 10.9 Å². The topological polar surface area (TPSA) is 141 Å². The molecule has 226 valence electrons. The van der Waals surface area contributed by atoms with Crippen molar-refractivity contribution < 1.29 is 19.4 Å². The highest BCUT2D eigenvalue weighted by molar-refractivity contribution is 6.35. The highest BCUT2D eigenvalue weighted by Crippen LogP contribution is 2.45. The maximum absolute atomic E-state index is 14.2. The van der Waals surface area contributed by atoms with Gasteiger partial charge in [0.05, 0.1) is 13.2 Å². The van der Waals surface area contributed by atoms with Crippen LogP contribution in [0, 0.1) is 0 Å².